The fraction of sp³-hybridized carbons (Fsp3) is 0.429. The Morgan fingerprint density at radius 1 is 1.03 bits per heavy atom. The summed E-state index contributed by atoms with van der Waals surface area (Å²) in [5.74, 6) is -0.491. The van der Waals surface area contributed by atoms with E-state index < -0.39 is 21.8 Å². The van der Waals surface area contributed by atoms with E-state index in [1.54, 1.807) is 12.1 Å². The van der Waals surface area contributed by atoms with Crippen LogP contribution in [-0.2, 0) is 16.6 Å². The zero-order chi connectivity index (χ0) is 22.4. The third kappa shape index (κ3) is 5.52. The molecule has 2 aromatic rings. The molecule has 1 fully saturated rings. The topological polar surface area (TPSA) is 112 Å². The van der Waals surface area contributed by atoms with E-state index in [9.17, 15) is 18.0 Å². The standard InChI is InChI=1S/C21H28N4O5S/c1-3-24(4-2)15-17-10-11-19(30-17)21(27)23-22-20(26)16-8-7-9-18(14-16)31(28,29)25-12-5-6-13-25/h7-11,14H,3-6,12-13,15H2,1-2H3,(H,22,26)(H,23,27). The molecule has 0 saturated carbocycles. The van der Waals surface area contributed by atoms with Crippen molar-refractivity contribution in [2.45, 2.75) is 38.1 Å². The molecular formula is C21H28N4O5S. The molecule has 10 heteroatoms. The number of amides is 2. The van der Waals surface area contributed by atoms with Gasteiger partial charge in [0.1, 0.15) is 5.76 Å². The summed E-state index contributed by atoms with van der Waals surface area (Å²) in [6.07, 6.45) is 1.66. The molecule has 2 N–H and O–H groups in total. The van der Waals surface area contributed by atoms with Crippen LogP contribution in [0.4, 0.5) is 0 Å². The van der Waals surface area contributed by atoms with Gasteiger partial charge in [0.2, 0.25) is 10.0 Å². The second kappa shape index (κ2) is 10.1. The molecule has 0 bridgehead atoms. The number of carbonyl (C=O) groups excluding carboxylic acids is 2. The molecule has 0 aliphatic carbocycles. The molecule has 2 amide bonds. The molecule has 3 rings (SSSR count). The average Bonchev–Trinajstić information content (AvgIpc) is 3.48. The Kier molecular flexibility index (Phi) is 7.47. The van der Waals surface area contributed by atoms with Gasteiger partial charge in [-0.1, -0.05) is 19.9 Å². The van der Waals surface area contributed by atoms with Gasteiger partial charge in [0.05, 0.1) is 11.4 Å². The summed E-state index contributed by atoms with van der Waals surface area (Å²) in [5, 5.41) is 0. The molecule has 0 spiro atoms. The first-order valence-electron chi connectivity index (χ1n) is 10.4. The lowest BCUT2D eigenvalue weighted by molar-refractivity contribution is 0.0828. The van der Waals surface area contributed by atoms with Gasteiger partial charge < -0.3 is 4.42 Å². The average molecular weight is 449 g/mol. The van der Waals surface area contributed by atoms with Crippen molar-refractivity contribution in [3.05, 3.63) is 53.5 Å². The summed E-state index contributed by atoms with van der Waals surface area (Å²) in [7, 11) is -3.63. The first-order valence-corrected chi connectivity index (χ1v) is 11.8. The Bertz CT molecular complexity index is 1020. The second-order valence-corrected chi connectivity index (χ2v) is 9.21. The molecule has 1 aromatic carbocycles. The fourth-order valence-corrected chi connectivity index (χ4v) is 4.94. The predicted octanol–water partition coefficient (Wildman–Crippen LogP) is 1.98. The molecule has 0 unspecified atom stereocenters. The van der Waals surface area contributed by atoms with Crippen molar-refractivity contribution in [2.75, 3.05) is 26.2 Å². The number of sulfonamides is 1. The van der Waals surface area contributed by atoms with Gasteiger partial charge >= 0.3 is 5.91 Å². The van der Waals surface area contributed by atoms with Crippen molar-refractivity contribution in [3.8, 4) is 0 Å². The van der Waals surface area contributed by atoms with Crippen LogP contribution in [0.1, 0.15) is 53.4 Å². The Hall–Kier alpha value is -2.69. The number of hydrazine groups is 1. The van der Waals surface area contributed by atoms with Crippen LogP contribution in [0.25, 0.3) is 0 Å². The van der Waals surface area contributed by atoms with Crippen molar-refractivity contribution in [1.29, 1.82) is 0 Å². The number of benzene rings is 1. The quantitative estimate of drug-likeness (QED) is 0.598. The van der Waals surface area contributed by atoms with Crippen LogP contribution in [0.3, 0.4) is 0 Å². The van der Waals surface area contributed by atoms with Crippen LogP contribution in [-0.4, -0.2) is 55.6 Å². The van der Waals surface area contributed by atoms with E-state index in [-0.39, 0.29) is 16.2 Å². The molecule has 31 heavy (non-hydrogen) atoms. The van der Waals surface area contributed by atoms with Crippen molar-refractivity contribution < 1.29 is 22.4 Å². The van der Waals surface area contributed by atoms with Gasteiger partial charge in [0, 0.05) is 18.7 Å². The van der Waals surface area contributed by atoms with Gasteiger partial charge in [-0.05, 0) is 56.3 Å². The molecule has 9 nitrogen and oxygen atoms in total. The lowest BCUT2D eigenvalue weighted by Crippen LogP contribution is -2.41. The largest absolute Gasteiger partial charge is 0.454 e. The lowest BCUT2D eigenvalue weighted by Gasteiger charge is -2.16. The summed E-state index contributed by atoms with van der Waals surface area (Å²) in [6.45, 7) is 7.36. The highest BCUT2D eigenvalue weighted by Gasteiger charge is 2.27. The predicted molar refractivity (Wildman–Crippen MR) is 115 cm³/mol. The van der Waals surface area contributed by atoms with Crippen LogP contribution in [0, 0.1) is 0 Å². The number of carbonyl (C=O) groups is 2. The molecule has 2 heterocycles. The van der Waals surface area contributed by atoms with Gasteiger partial charge in [-0.2, -0.15) is 4.31 Å². The Morgan fingerprint density at radius 2 is 1.71 bits per heavy atom. The number of nitrogens with one attached hydrogen (secondary N) is 2. The van der Waals surface area contributed by atoms with Crippen LogP contribution in [0.2, 0.25) is 0 Å². The monoisotopic (exact) mass is 448 g/mol. The number of hydrogen-bond donors (Lipinski definition) is 2. The highest BCUT2D eigenvalue weighted by molar-refractivity contribution is 7.89. The maximum Gasteiger partial charge on any atom is 0.305 e. The van der Waals surface area contributed by atoms with E-state index in [0.29, 0.717) is 25.4 Å². The molecule has 0 radical (unpaired) electrons. The normalized spacial score (nSPS) is 14.7. The van der Waals surface area contributed by atoms with E-state index in [0.717, 1.165) is 25.9 Å². The van der Waals surface area contributed by atoms with Crippen LogP contribution >= 0.6 is 0 Å². The summed E-state index contributed by atoms with van der Waals surface area (Å²) in [4.78, 5) is 26.9. The minimum atomic E-state index is -3.63. The van der Waals surface area contributed by atoms with E-state index in [1.807, 2.05) is 13.8 Å². The third-order valence-corrected chi connectivity index (χ3v) is 7.14. The Balaban J connectivity index is 1.61. The van der Waals surface area contributed by atoms with Gasteiger partial charge in [0.25, 0.3) is 5.91 Å². The maximum atomic E-state index is 12.7. The van der Waals surface area contributed by atoms with Crippen LogP contribution in [0.15, 0.2) is 45.7 Å². The summed E-state index contributed by atoms with van der Waals surface area (Å²) in [6, 6.07) is 9.03. The van der Waals surface area contributed by atoms with Crippen molar-refractivity contribution in [3.63, 3.8) is 0 Å². The molecule has 168 valence electrons. The highest BCUT2D eigenvalue weighted by atomic mass is 32.2. The van der Waals surface area contributed by atoms with Crippen LogP contribution in [0.5, 0.6) is 0 Å². The Labute approximate surface area is 182 Å². The lowest BCUT2D eigenvalue weighted by atomic mass is 10.2. The van der Waals surface area contributed by atoms with Gasteiger partial charge in [-0.15, -0.1) is 0 Å². The fourth-order valence-electron chi connectivity index (χ4n) is 3.38. The van der Waals surface area contributed by atoms with E-state index in [2.05, 4.69) is 15.8 Å². The van der Waals surface area contributed by atoms with Crippen LogP contribution < -0.4 is 10.9 Å². The summed E-state index contributed by atoms with van der Waals surface area (Å²) in [5.41, 5.74) is 4.73. The maximum absolute atomic E-state index is 12.7. The smallest absolute Gasteiger partial charge is 0.305 e. The third-order valence-electron chi connectivity index (χ3n) is 5.25. The van der Waals surface area contributed by atoms with Gasteiger partial charge in [-0.3, -0.25) is 25.3 Å². The first kappa shape index (κ1) is 23.0. The summed E-state index contributed by atoms with van der Waals surface area (Å²) < 4.78 is 32.3. The van der Waals surface area contributed by atoms with Crippen molar-refractivity contribution >= 4 is 21.8 Å². The van der Waals surface area contributed by atoms with Crippen molar-refractivity contribution in [2.24, 2.45) is 0 Å². The molecule has 1 aromatic heterocycles. The van der Waals surface area contributed by atoms with Gasteiger partial charge in [0.15, 0.2) is 5.76 Å². The highest BCUT2D eigenvalue weighted by Crippen LogP contribution is 2.21. The second-order valence-electron chi connectivity index (χ2n) is 7.27. The van der Waals surface area contributed by atoms with E-state index in [4.69, 9.17) is 4.42 Å². The van der Waals surface area contributed by atoms with Gasteiger partial charge in [-0.25, -0.2) is 8.42 Å². The molecule has 1 saturated heterocycles. The zero-order valence-electron chi connectivity index (χ0n) is 17.8. The SMILES string of the molecule is CCN(CC)Cc1ccc(C(=O)NNC(=O)c2cccc(S(=O)(=O)N3CCCC3)c2)o1. The number of rotatable bonds is 8. The van der Waals surface area contributed by atoms with E-state index >= 15 is 0 Å². The molecular weight excluding hydrogens is 420 g/mol. The number of nitrogens with zero attached hydrogens (tertiary/aromatic N) is 2. The molecule has 1 aliphatic rings. The van der Waals surface area contributed by atoms with E-state index in [1.165, 1.54) is 28.6 Å². The first-order chi connectivity index (χ1) is 14.8. The molecule has 1 aliphatic heterocycles. The summed E-state index contributed by atoms with van der Waals surface area (Å²) >= 11 is 0. The number of furan rings is 1. The number of hydrogen-bond acceptors (Lipinski definition) is 6. The molecule has 0 atom stereocenters. The Morgan fingerprint density at radius 3 is 2.39 bits per heavy atom. The zero-order valence-corrected chi connectivity index (χ0v) is 18.6. The minimum Gasteiger partial charge on any atom is -0.454 e. The minimum absolute atomic E-state index is 0.0560. The van der Waals surface area contributed by atoms with Crippen molar-refractivity contribution in [1.82, 2.24) is 20.1 Å².